The number of esters is 1. The van der Waals surface area contributed by atoms with Gasteiger partial charge >= 0.3 is 5.97 Å². The third-order valence-corrected chi connectivity index (χ3v) is 3.92. The molecule has 0 spiro atoms. The fraction of sp³-hybridized carbons (Fsp3) is 0.562. The number of rotatable bonds is 6. The normalized spacial score (nSPS) is 19.0. The van der Waals surface area contributed by atoms with Gasteiger partial charge in [-0.2, -0.15) is 0 Å². The van der Waals surface area contributed by atoms with Crippen LogP contribution < -0.4 is 4.74 Å². The number of hydrogen-bond donors (Lipinski definition) is 0. The predicted octanol–water partition coefficient (Wildman–Crippen LogP) is 2.47. The van der Waals surface area contributed by atoms with Gasteiger partial charge in [-0.05, 0) is 43.0 Å². The van der Waals surface area contributed by atoms with Crippen molar-refractivity contribution in [3.8, 4) is 5.75 Å². The van der Waals surface area contributed by atoms with Crippen molar-refractivity contribution < 1.29 is 14.3 Å². The Hall–Kier alpha value is -1.55. The van der Waals surface area contributed by atoms with Gasteiger partial charge in [-0.1, -0.05) is 12.1 Å². The first-order valence-corrected chi connectivity index (χ1v) is 7.13. The number of benzene rings is 1. The lowest BCUT2D eigenvalue weighted by Gasteiger charge is -2.16. The van der Waals surface area contributed by atoms with Crippen LogP contribution in [0.1, 0.15) is 24.8 Å². The van der Waals surface area contributed by atoms with Crippen molar-refractivity contribution in [1.82, 2.24) is 4.90 Å². The summed E-state index contributed by atoms with van der Waals surface area (Å²) in [6.07, 6.45) is 2.65. The average molecular weight is 277 g/mol. The van der Waals surface area contributed by atoms with Gasteiger partial charge in [-0.3, -0.25) is 9.69 Å². The third kappa shape index (κ3) is 4.23. The molecule has 1 aromatic carbocycles. The molecule has 1 heterocycles. The summed E-state index contributed by atoms with van der Waals surface area (Å²) < 4.78 is 9.85. The van der Waals surface area contributed by atoms with Crippen LogP contribution in [0, 0.1) is 5.92 Å². The molecular formula is C16H23NO3. The summed E-state index contributed by atoms with van der Waals surface area (Å²) in [6, 6.07) is 8.22. The van der Waals surface area contributed by atoms with Crippen LogP contribution in [-0.4, -0.2) is 38.2 Å². The Balaban J connectivity index is 1.76. The Morgan fingerprint density at radius 2 is 2.05 bits per heavy atom. The summed E-state index contributed by atoms with van der Waals surface area (Å²) in [5, 5.41) is 0. The van der Waals surface area contributed by atoms with E-state index < -0.39 is 0 Å². The first kappa shape index (κ1) is 14.9. The summed E-state index contributed by atoms with van der Waals surface area (Å²) in [4.78, 5) is 13.6. The van der Waals surface area contributed by atoms with Gasteiger partial charge in [-0.15, -0.1) is 0 Å². The zero-order valence-corrected chi connectivity index (χ0v) is 12.3. The molecule has 0 radical (unpaired) electrons. The molecule has 1 saturated heterocycles. The molecule has 110 valence electrons. The quantitative estimate of drug-likeness (QED) is 0.749. The van der Waals surface area contributed by atoms with E-state index in [1.54, 1.807) is 7.11 Å². The molecule has 1 aliphatic heterocycles. The minimum absolute atomic E-state index is 0.0985. The molecule has 4 nitrogen and oxygen atoms in total. The second-order valence-electron chi connectivity index (χ2n) is 5.35. The highest BCUT2D eigenvalue weighted by Crippen LogP contribution is 2.23. The molecule has 0 saturated carbocycles. The Kier molecular flexibility index (Phi) is 5.41. The number of likely N-dealkylation sites (tertiary alicyclic amines) is 1. The molecule has 20 heavy (non-hydrogen) atoms. The van der Waals surface area contributed by atoms with Gasteiger partial charge in [0, 0.05) is 19.5 Å². The molecule has 0 aromatic heterocycles. The molecule has 0 aliphatic carbocycles. The van der Waals surface area contributed by atoms with E-state index in [0.29, 0.717) is 12.3 Å². The van der Waals surface area contributed by atoms with E-state index in [1.807, 2.05) is 12.1 Å². The zero-order valence-electron chi connectivity index (χ0n) is 12.3. The summed E-state index contributed by atoms with van der Waals surface area (Å²) in [7, 11) is 3.13. The van der Waals surface area contributed by atoms with Crippen molar-refractivity contribution >= 4 is 5.97 Å². The van der Waals surface area contributed by atoms with Crippen LogP contribution in [0.2, 0.25) is 0 Å². The maximum atomic E-state index is 11.2. The van der Waals surface area contributed by atoms with E-state index in [9.17, 15) is 4.79 Å². The SMILES string of the molecule is COC(=O)CCC1CCN(Cc2ccc(OC)cc2)C1. The molecule has 1 unspecified atom stereocenters. The van der Waals surface area contributed by atoms with Gasteiger partial charge in [0.05, 0.1) is 14.2 Å². The zero-order chi connectivity index (χ0) is 14.4. The van der Waals surface area contributed by atoms with Crippen LogP contribution in [0.5, 0.6) is 5.75 Å². The lowest BCUT2D eigenvalue weighted by molar-refractivity contribution is -0.140. The maximum Gasteiger partial charge on any atom is 0.305 e. The maximum absolute atomic E-state index is 11.2. The van der Waals surface area contributed by atoms with Gasteiger partial charge in [0.15, 0.2) is 0 Å². The number of carbonyl (C=O) groups is 1. The second-order valence-corrected chi connectivity index (χ2v) is 5.35. The number of carbonyl (C=O) groups excluding carboxylic acids is 1. The molecule has 4 heteroatoms. The predicted molar refractivity (Wildman–Crippen MR) is 77.6 cm³/mol. The lowest BCUT2D eigenvalue weighted by atomic mass is 10.0. The number of hydrogen-bond acceptors (Lipinski definition) is 4. The highest BCUT2D eigenvalue weighted by atomic mass is 16.5. The summed E-state index contributed by atoms with van der Waals surface area (Å²) in [5.74, 6) is 1.41. The third-order valence-electron chi connectivity index (χ3n) is 3.92. The molecule has 0 amide bonds. The molecular weight excluding hydrogens is 254 g/mol. The van der Waals surface area contributed by atoms with Crippen LogP contribution in [0.3, 0.4) is 0 Å². The van der Waals surface area contributed by atoms with Gasteiger partial charge < -0.3 is 9.47 Å². The smallest absolute Gasteiger partial charge is 0.305 e. The van der Waals surface area contributed by atoms with Gasteiger partial charge in [0.25, 0.3) is 0 Å². The Labute approximate surface area is 120 Å². The highest BCUT2D eigenvalue weighted by molar-refractivity contribution is 5.69. The largest absolute Gasteiger partial charge is 0.497 e. The molecule has 1 atom stereocenters. The monoisotopic (exact) mass is 277 g/mol. The van der Waals surface area contributed by atoms with Crippen molar-refractivity contribution in [2.24, 2.45) is 5.92 Å². The van der Waals surface area contributed by atoms with Crippen LogP contribution in [-0.2, 0) is 16.1 Å². The molecule has 2 rings (SSSR count). The first-order chi connectivity index (χ1) is 9.71. The molecule has 1 aromatic rings. The minimum atomic E-state index is -0.0985. The summed E-state index contributed by atoms with van der Waals surface area (Å²) in [6.45, 7) is 3.15. The number of nitrogens with zero attached hydrogens (tertiary/aromatic N) is 1. The second kappa shape index (κ2) is 7.29. The summed E-state index contributed by atoms with van der Waals surface area (Å²) in [5.41, 5.74) is 1.31. The van der Waals surface area contributed by atoms with Gasteiger partial charge in [0.1, 0.15) is 5.75 Å². The standard InChI is InChI=1S/C16H23NO3/c1-19-15-6-3-13(4-7-15)11-17-10-9-14(12-17)5-8-16(18)20-2/h3-4,6-7,14H,5,8-12H2,1-2H3. The molecule has 0 N–H and O–H groups in total. The Morgan fingerprint density at radius 1 is 1.30 bits per heavy atom. The highest BCUT2D eigenvalue weighted by Gasteiger charge is 2.23. The van der Waals surface area contributed by atoms with E-state index in [-0.39, 0.29) is 5.97 Å². The minimum Gasteiger partial charge on any atom is -0.497 e. The van der Waals surface area contributed by atoms with Crippen molar-refractivity contribution in [3.63, 3.8) is 0 Å². The topological polar surface area (TPSA) is 38.8 Å². The molecule has 0 bridgehead atoms. The number of methoxy groups -OCH3 is 2. The van der Waals surface area contributed by atoms with Crippen molar-refractivity contribution in [3.05, 3.63) is 29.8 Å². The van der Waals surface area contributed by atoms with Gasteiger partial charge in [0.2, 0.25) is 0 Å². The van der Waals surface area contributed by atoms with Gasteiger partial charge in [-0.25, -0.2) is 0 Å². The fourth-order valence-corrected chi connectivity index (χ4v) is 2.71. The fourth-order valence-electron chi connectivity index (χ4n) is 2.71. The van der Waals surface area contributed by atoms with E-state index in [0.717, 1.165) is 31.8 Å². The average Bonchev–Trinajstić information content (AvgIpc) is 2.93. The van der Waals surface area contributed by atoms with Crippen LogP contribution in [0.15, 0.2) is 24.3 Å². The first-order valence-electron chi connectivity index (χ1n) is 7.13. The van der Waals surface area contributed by atoms with E-state index in [4.69, 9.17) is 4.74 Å². The van der Waals surface area contributed by atoms with Crippen LogP contribution >= 0.6 is 0 Å². The molecule has 1 fully saturated rings. The van der Waals surface area contributed by atoms with Crippen LogP contribution in [0.25, 0.3) is 0 Å². The van der Waals surface area contributed by atoms with Crippen molar-refractivity contribution in [1.29, 1.82) is 0 Å². The van der Waals surface area contributed by atoms with Crippen LogP contribution in [0.4, 0.5) is 0 Å². The summed E-state index contributed by atoms with van der Waals surface area (Å²) >= 11 is 0. The van der Waals surface area contributed by atoms with E-state index >= 15 is 0 Å². The van der Waals surface area contributed by atoms with Crippen molar-refractivity contribution in [2.45, 2.75) is 25.8 Å². The molecule has 1 aliphatic rings. The van der Waals surface area contributed by atoms with E-state index in [1.165, 1.54) is 19.1 Å². The van der Waals surface area contributed by atoms with E-state index in [2.05, 4.69) is 21.8 Å². The Morgan fingerprint density at radius 3 is 2.70 bits per heavy atom. The Bertz CT molecular complexity index is 430. The van der Waals surface area contributed by atoms with Crippen molar-refractivity contribution in [2.75, 3.05) is 27.3 Å². The number of ether oxygens (including phenoxy) is 2. The lowest BCUT2D eigenvalue weighted by Crippen LogP contribution is -2.20.